The lowest BCUT2D eigenvalue weighted by Crippen LogP contribution is -2.09. The average molecular weight is 254 g/mol. The maximum atomic E-state index is 12.0. The number of carbonyl (C=O) groups excluding carboxylic acids is 1. The summed E-state index contributed by atoms with van der Waals surface area (Å²) < 4.78 is 17.2. The molecule has 0 bridgehead atoms. The molecule has 0 aliphatic heterocycles. The highest BCUT2D eigenvalue weighted by Gasteiger charge is 2.11. The Labute approximate surface area is 105 Å². The summed E-state index contributed by atoms with van der Waals surface area (Å²) in [6.45, 7) is 5.54. The summed E-state index contributed by atoms with van der Waals surface area (Å²) in [7, 11) is -0.972. The van der Waals surface area contributed by atoms with Gasteiger partial charge in [-0.05, 0) is 37.6 Å². The molecule has 4 heteroatoms. The number of rotatable bonds is 6. The second-order valence-corrected chi connectivity index (χ2v) is 5.85. The third kappa shape index (κ3) is 4.30. The molecule has 0 heterocycles. The lowest BCUT2D eigenvalue weighted by atomic mass is 10.3. The Kier molecular flexibility index (Phi) is 5.35. The van der Waals surface area contributed by atoms with Gasteiger partial charge in [-0.1, -0.05) is 13.8 Å². The van der Waals surface area contributed by atoms with Crippen molar-refractivity contribution in [3.63, 3.8) is 0 Å². The molecule has 0 amide bonds. The lowest BCUT2D eigenvalue weighted by molar-refractivity contribution is -0.118. The summed E-state index contributed by atoms with van der Waals surface area (Å²) in [5.41, 5.74) is 0. The first-order valence-electron chi connectivity index (χ1n) is 5.67. The fourth-order valence-electron chi connectivity index (χ4n) is 1.24. The van der Waals surface area contributed by atoms with Crippen LogP contribution in [0.2, 0.25) is 0 Å². The highest BCUT2D eigenvalue weighted by atomic mass is 32.2. The number of ketones is 1. The summed E-state index contributed by atoms with van der Waals surface area (Å²) in [6.07, 6.45) is 0.884. The van der Waals surface area contributed by atoms with Crippen LogP contribution in [0, 0.1) is 0 Å². The van der Waals surface area contributed by atoms with E-state index in [-0.39, 0.29) is 17.6 Å². The fraction of sp³-hybridized carbons (Fsp3) is 0.462. The molecular weight excluding hydrogens is 236 g/mol. The van der Waals surface area contributed by atoms with E-state index in [1.165, 1.54) is 6.92 Å². The molecule has 1 aromatic rings. The molecule has 0 aliphatic carbocycles. The van der Waals surface area contributed by atoms with Crippen LogP contribution in [0.25, 0.3) is 0 Å². The van der Waals surface area contributed by atoms with Gasteiger partial charge in [0.1, 0.15) is 12.4 Å². The monoisotopic (exact) mass is 254 g/mol. The normalized spacial score (nSPS) is 14.1. The largest absolute Gasteiger partial charge is 0.486 e. The number of carbonyl (C=O) groups is 1. The van der Waals surface area contributed by atoms with Gasteiger partial charge in [-0.3, -0.25) is 9.00 Å². The van der Waals surface area contributed by atoms with Crippen LogP contribution < -0.4 is 4.74 Å². The van der Waals surface area contributed by atoms with Gasteiger partial charge in [0, 0.05) is 10.1 Å². The summed E-state index contributed by atoms with van der Waals surface area (Å²) in [4.78, 5) is 11.5. The van der Waals surface area contributed by atoms with E-state index in [9.17, 15) is 9.00 Å². The van der Waals surface area contributed by atoms with Crippen LogP contribution in [-0.2, 0) is 15.6 Å². The Hall–Kier alpha value is -1.16. The second-order valence-electron chi connectivity index (χ2n) is 3.98. The number of hydrogen-bond acceptors (Lipinski definition) is 3. The Morgan fingerprint density at radius 1 is 1.35 bits per heavy atom. The third-order valence-electron chi connectivity index (χ3n) is 2.44. The molecule has 1 aromatic carbocycles. The molecule has 0 aliphatic rings. The summed E-state index contributed by atoms with van der Waals surface area (Å²) in [6, 6.07) is 7.08. The molecule has 0 aromatic heterocycles. The standard InChI is InChI=1S/C13H18O3S/c1-4-11(3)17(15)13-7-5-12(6-8-13)16-9-10(2)14/h5-8,11H,4,9H2,1-3H3. The molecule has 2 unspecified atom stereocenters. The van der Waals surface area contributed by atoms with E-state index in [2.05, 4.69) is 0 Å². The molecule has 0 N–H and O–H groups in total. The maximum Gasteiger partial charge on any atom is 0.167 e. The van der Waals surface area contributed by atoms with Crippen molar-refractivity contribution < 1.29 is 13.7 Å². The molecule has 0 fully saturated rings. The topological polar surface area (TPSA) is 43.4 Å². The van der Waals surface area contributed by atoms with Gasteiger partial charge in [0.15, 0.2) is 5.78 Å². The average Bonchev–Trinajstić information content (AvgIpc) is 2.35. The zero-order valence-corrected chi connectivity index (χ0v) is 11.3. The van der Waals surface area contributed by atoms with Crippen molar-refractivity contribution in [3.05, 3.63) is 24.3 Å². The van der Waals surface area contributed by atoms with Crippen LogP contribution in [-0.4, -0.2) is 21.8 Å². The van der Waals surface area contributed by atoms with Crippen LogP contribution >= 0.6 is 0 Å². The van der Waals surface area contributed by atoms with E-state index in [4.69, 9.17) is 4.74 Å². The van der Waals surface area contributed by atoms with Gasteiger partial charge in [0.25, 0.3) is 0 Å². The Morgan fingerprint density at radius 2 is 1.94 bits per heavy atom. The lowest BCUT2D eigenvalue weighted by Gasteiger charge is -2.09. The molecule has 0 saturated carbocycles. The molecular formula is C13H18O3S. The Balaban J connectivity index is 2.67. The van der Waals surface area contributed by atoms with E-state index in [0.29, 0.717) is 5.75 Å². The second kappa shape index (κ2) is 6.55. The summed E-state index contributed by atoms with van der Waals surface area (Å²) in [5.74, 6) is 0.613. The molecule has 1 rings (SSSR count). The number of ether oxygens (including phenoxy) is 1. The predicted octanol–water partition coefficient (Wildman–Crippen LogP) is 2.56. The first kappa shape index (κ1) is 13.9. The van der Waals surface area contributed by atoms with Gasteiger partial charge in [-0.2, -0.15) is 0 Å². The first-order chi connectivity index (χ1) is 8.04. The smallest absolute Gasteiger partial charge is 0.167 e. The minimum Gasteiger partial charge on any atom is -0.486 e. The summed E-state index contributed by atoms with van der Waals surface area (Å²) in [5, 5.41) is 0.152. The minimum absolute atomic E-state index is 0.0164. The third-order valence-corrected chi connectivity index (χ3v) is 4.24. The van der Waals surface area contributed by atoms with Crippen LogP contribution in [0.5, 0.6) is 5.75 Å². The zero-order valence-electron chi connectivity index (χ0n) is 10.4. The van der Waals surface area contributed by atoms with Crippen molar-refractivity contribution in [1.82, 2.24) is 0 Å². The fourth-order valence-corrected chi connectivity index (χ4v) is 2.41. The number of hydrogen-bond donors (Lipinski definition) is 0. The highest BCUT2D eigenvalue weighted by molar-refractivity contribution is 7.85. The van der Waals surface area contributed by atoms with Crippen molar-refractivity contribution in [2.24, 2.45) is 0 Å². The van der Waals surface area contributed by atoms with E-state index < -0.39 is 10.8 Å². The summed E-state index contributed by atoms with van der Waals surface area (Å²) >= 11 is 0. The van der Waals surface area contributed by atoms with Gasteiger partial charge in [0.05, 0.1) is 10.8 Å². The van der Waals surface area contributed by atoms with Gasteiger partial charge in [-0.15, -0.1) is 0 Å². The van der Waals surface area contributed by atoms with Gasteiger partial charge in [0.2, 0.25) is 0 Å². The first-order valence-corrected chi connectivity index (χ1v) is 6.88. The van der Waals surface area contributed by atoms with Gasteiger partial charge >= 0.3 is 0 Å². The zero-order chi connectivity index (χ0) is 12.8. The molecule has 0 spiro atoms. The SMILES string of the molecule is CCC(C)S(=O)c1ccc(OCC(C)=O)cc1. The van der Waals surface area contributed by atoms with Crippen molar-refractivity contribution in [2.45, 2.75) is 37.3 Å². The molecule has 94 valence electrons. The van der Waals surface area contributed by atoms with Crippen LogP contribution in [0.15, 0.2) is 29.2 Å². The Morgan fingerprint density at radius 3 is 2.41 bits per heavy atom. The number of Topliss-reactive ketones (excluding diaryl/α,β-unsaturated/α-hetero) is 1. The van der Waals surface area contributed by atoms with Gasteiger partial charge in [-0.25, -0.2) is 0 Å². The molecule has 0 saturated heterocycles. The van der Waals surface area contributed by atoms with Gasteiger partial charge < -0.3 is 4.74 Å². The minimum atomic E-state index is -0.972. The maximum absolute atomic E-state index is 12.0. The van der Waals surface area contributed by atoms with Crippen LogP contribution in [0.4, 0.5) is 0 Å². The van der Waals surface area contributed by atoms with Crippen molar-refractivity contribution in [3.8, 4) is 5.75 Å². The van der Waals surface area contributed by atoms with E-state index in [1.54, 1.807) is 24.3 Å². The van der Waals surface area contributed by atoms with Crippen molar-refractivity contribution in [1.29, 1.82) is 0 Å². The quantitative estimate of drug-likeness (QED) is 0.783. The predicted molar refractivity (Wildman–Crippen MR) is 68.8 cm³/mol. The molecule has 3 nitrogen and oxygen atoms in total. The van der Waals surface area contributed by atoms with E-state index in [0.717, 1.165) is 11.3 Å². The molecule has 2 atom stereocenters. The van der Waals surface area contributed by atoms with Crippen molar-refractivity contribution in [2.75, 3.05) is 6.61 Å². The van der Waals surface area contributed by atoms with Crippen LogP contribution in [0.3, 0.4) is 0 Å². The van der Waals surface area contributed by atoms with E-state index >= 15 is 0 Å². The number of benzene rings is 1. The van der Waals surface area contributed by atoms with E-state index in [1.807, 2.05) is 13.8 Å². The van der Waals surface area contributed by atoms with Crippen molar-refractivity contribution >= 4 is 16.6 Å². The highest BCUT2D eigenvalue weighted by Crippen LogP contribution is 2.18. The molecule has 17 heavy (non-hydrogen) atoms. The molecule has 0 radical (unpaired) electrons. The van der Waals surface area contributed by atoms with Crippen LogP contribution in [0.1, 0.15) is 27.2 Å². The Bertz CT molecular complexity index is 398.